The van der Waals surface area contributed by atoms with Crippen molar-refractivity contribution in [2.45, 2.75) is 19.4 Å². The minimum absolute atomic E-state index is 0.106. The third kappa shape index (κ3) is 3.33. The lowest BCUT2D eigenvalue weighted by Crippen LogP contribution is -2.27. The van der Waals surface area contributed by atoms with E-state index < -0.39 is 0 Å². The third-order valence-electron chi connectivity index (χ3n) is 3.87. The number of thiazole rings is 1. The lowest BCUT2D eigenvalue weighted by atomic mass is 10.1. The number of rotatable bonds is 4. The van der Waals surface area contributed by atoms with Crippen LogP contribution in [0.4, 0.5) is 5.69 Å². The van der Waals surface area contributed by atoms with Gasteiger partial charge in [0, 0.05) is 24.7 Å². The van der Waals surface area contributed by atoms with E-state index in [4.69, 9.17) is 10.5 Å². The quantitative estimate of drug-likeness (QED) is 0.861. The van der Waals surface area contributed by atoms with Crippen LogP contribution >= 0.6 is 11.3 Å². The van der Waals surface area contributed by atoms with Crippen molar-refractivity contribution in [2.24, 2.45) is 5.73 Å². The number of hydrogen-bond acceptors (Lipinski definition) is 5. The van der Waals surface area contributed by atoms with Crippen LogP contribution in [0.1, 0.15) is 18.9 Å². The summed E-state index contributed by atoms with van der Waals surface area (Å²) < 4.78 is 7.11. The molecule has 0 radical (unpaired) electrons. The molecule has 122 valence electrons. The molecule has 0 aliphatic carbocycles. The average Bonchev–Trinajstić information content (AvgIpc) is 3.06. The molecule has 1 saturated heterocycles. The number of nitrogens with one attached hydrogen (secondary N) is 1. The molecule has 1 aromatic heterocycles. The fourth-order valence-corrected chi connectivity index (χ4v) is 3.62. The Balaban J connectivity index is 2.14. The average molecular weight is 331 g/mol. The molecule has 1 atom stereocenters. The number of para-hydroxylation sites is 1. The summed E-state index contributed by atoms with van der Waals surface area (Å²) in [7, 11) is 0. The van der Waals surface area contributed by atoms with Crippen LogP contribution in [0.5, 0.6) is 5.75 Å². The molecule has 3 N–H and O–H groups in total. The zero-order chi connectivity index (χ0) is 16.4. The Morgan fingerprint density at radius 3 is 3.00 bits per heavy atom. The second kappa shape index (κ2) is 6.60. The SMILES string of the molecule is C=c1[nH]c(=O)c(=Cc2cccc(OCC)c2N2CCC(N)C2)s1. The number of ether oxygens (including phenoxy) is 1. The van der Waals surface area contributed by atoms with Gasteiger partial charge in [-0.15, -0.1) is 11.3 Å². The first-order chi connectivity index (χ1) is 11.1. The second-order valence-electron chi connectivity index (χ2n) is 5.61. The Bertz CT molecular complexity index is 855. The molecule has 1 fully saturated rings. The molecule has 2 aromatic rings. The van der Waals surface area contributed by atoms with Crippen molar-refractivity contribution < 1.29 is 4.74 Å². The predicted octanol–water partition coefficient (Wildman–Crippen LogP) is 0.612. The van der Waals surface area contributed by atoms with Crippen LogP contribution in [-0.4, -0.2) is 30.7 Å². The van der Waals surface area contributed by atoms with Gasteiger partial charge in [0.05, 0.1) is 21.5 Å². The van der Waals surface area contributed by atoms with Crippen LogP contribution in [0, 0.1) is 0 Å². The lowest BCUT2D eigenvalue weighted by Gasteiger charge is -2.23. The monoisotopic (exact) mass is 331 g/mol. The van der Waals surface area contributed by atoms with E-state index in [0.29, 0.717) is 15.8 Å². The molecule has 0 amide bonds. The largest absolute Gasteiger partial charge is 0.492 e. The van der Waals surface area contributed by atoms with E-state index in [0.717, 1.165) is 36.5 Å². The summed E-state index contributed by atoms with van der Waals surface area (Å²) in [5, 5.41) is 0. The first-order valence-electron chi connectivity index (χ1n) is 7.74. The van der Waals surface area contributed by atoms with Gasteiger partial charge in [-0.25, -0.2) is 0 Å². The molecule has 2 heterocycles. The zero-order valence-electron chi connectivity index (χ0n) is 13.2. The molecule has 0 saturated carbocycles. The molecule has 1 aliphatic heterocycles. The standard InChI is InChI=1S/C17H21N3O2S/c1-3-22-14-6-4-5-12(9-15-17(21)19-11(2)23-15)16(14)20-8-7-13(18)10-20/h4-6,9,13H,2-3,7-8,10,18H2,1H3,(H,19,21). The van der Waals surface area contributed by atoms with Gasteiger partial charge in [0.25, 0.3) is 5.56 Å². The number of aromatic nitrogens is 1. The summed E-state index contributed by atoms with van der Waals surface area (Å²) in [6.07, 6.45) is 2.86. The summed E-state index contributed by atoms with van der Waals surface area (Å²) >= 11 is 1.36. The fourth-order valence-electron chi connectivity index (χ4n) is 2.89. The Hall–Kier alpha value is -2.05. The first-order valence-corrected chi connectivity index (χ1v) is 8.56. The Kier molecular flexibility index (Phi) is 4.54. The minimum Gasteiger partial charge on any atom is -0.492 e. The number of H-pyrrole nitrogens is 1. The molecule has 0 bridgehead atoms. The van der Waals surface area contributed by atoms with Crippen LogP contribution < -0.4 is 30.1 Å². The van der Waals surface area contributed by atoms with Gasteiger partial charge in [0.2, 0.25) is 0 Å². The Morgan fingerprint density at radius 2 is 2.39 bits per heavy atom. The van der Waals surface area contributed by atoms with Gasteiger partial charge >= 0.3 is 0 Å². The minimum atomic E-state index is -0.106. The number of nitrogens with zero attached hydrogens (tertiary/aromatic N) is 1. The Labute approximate surface area is 138 Å². The maximum atomic E-state index is 12.0. The molecule has 3 rings (SSSR count). The van der Waals surface area contributed by atoms with Crippen LogP contribution in [0.25, 0.3) is 12.7 Å². The molecule has 1 aliphatic rings. The topological polar surface area (TPSA) is 71.4 Å². The number of nitrogens with two attached hydrogens (primary N) is 1. The molecular weight excluding hydrogens is 310 g/mol. The number of hydrogen-bond donors (Lipinski definition) is 2. The smallest absolute Gasteiger partial charge is 0.266 e. The molecule has 6 heteroatoms. The van der Waals surface area contributed by atoms with E-state index in [1.807, 2.05) is 31.2 Å². The van der Waals surface area contributed by atoms with E-state index in [2.05, 4.69) is 16.5 Å². The van der Waals surface area contributed by atoms with Gasteiger partial charge in [-0.3, -0.25) is 4.79 Å². The van der Waals surface area contributed by atoms with Crippen molar-refractivity contribution in [3.63, 3.8) is 0 Å². The van der Waals surface area contributed by atoms with Crippen molar-refractivity contribution in [3.8, 4) is 5.75 Å². The maximum Gasteiger partial charge on any atom is 0.266 e. The van der Waals surface area contributed by atoms with Crippen molar-refractivity contribution in [2.75, 3.05) is 24.6 Å². The van der Waals surface area contributed by atoms with Gasteiger partial charge in [-0.05, 0) is 25.5 Å². The number of benzene rings is 1. The molecule has 1 aromatic carbocycles. The second-order valence-corrected chi connectivity index (χ2v) is 6.75. The zero-order valence-corrected chi connectivity index (χ0v) is 14.0. The Morgan fingerprint density at radius 1 is 1.57 bits per heavy atom. The van der Waals surface area contributed by atoms with Crippen molar-refractivity contribution in [1.82, 2.24) is 4.98 Å². The number of aromatic amines is 1. The highest BCUT2D eigenvalue weighted by Gasteiger charge is 2.24. The van der Waals surface area contributed by atoms with Gasteiger partial charge < -0.3 is 20.4 Å². The van der Waals surface area contributed by atoms with Gasteiger partial charge in [0.15, 0.2) is 0 Å². The van der Waals surface area contributed by atoms with Gasteiger partial charge in [-0.1, -0.05) is 18.7 Å². The highest BCUT2D eigenvalue weighted by Crippen LogP contribution is 2.35. The van der Waals surface area contributed by atoms with Crippen molar-refractivity contribution >= 4 is 29.7 Å². The van der Waals surface area contributed by atoms with E-state index in [-0.39, 0.29) is 11.6 Å². The fraction of sp³-hybridized carbons (Fsp3) is 0.353. The van der Waals surface area contributed by atoms with E-state index in [1.165, 1.54) is 11.3 Å². The van der Waals surface area contributed by atoms with E-state index >= 15 is 0 Å². The summed E-state index contributed by atoms with van der Waals surface area (Å²) in [6, 6.07) is 6.09. The maximum absolute atomic E-state index is 12.0. The normalized spacial score (nSPS) is 18.6. The van der Waals surface area contributed by atoms with Crippen molar-refractivity contribution in [3.05, 3.63) is 43.3 Å². The summed E-state index contributed by atoms with van der Waals surface area (Å²) in [4.78, 5) is 16.9. The summed E-state index contributed by atoms with van der Waals surface area (Å²) in [5.74, 6) is 0.832. The van der Waals surface area contributed by atoms with Crippen LogP contribution in [-0.2, 0) is 0 Å². The van der Waals surface area contributed by atoms with Crippen molar-refractivity contribution in [1.29, 1.82) is 0 Å². The molecule has 1 unspecified atom stereocenters. The third-order valence-corrected chi connectivity index (χ3v) is 4.74. The van der Waals surface area contributed by atoms with Crippen LogP contribution in [0.15, 0.2) is 23.0 Å². The lowest BCUT2D eigenvalue weighted by molar-refractivity contribution is 0.340. The van der Waals surface area contributed by atoms with Crippen LogP contribution in [0.2, 0.25) is 0 Å². The molecule has 23 heavy (non-hydrogen) atoms. The van der Waals surface area contributed by atoms with Crippen LogP contribution in [0.3, 0.4) is 0 Å². The number of anilines is 1. The highest BCUT2D eigenvalue weighted by atomic mass is 32.1. The van der Waals surface area contributed by atoms with Gasteiger partial charge in [-0.2, -0.15) is 0 Å². The predicted molar refractivity (Wildman–Crippen MR) is 95.7 cm³/mol. The summed E-state index contributed by atoms with van der Waals surface area (Å²) in [6.45, 7) is 8.05. The highest BCUT2D eigenvalue weighted by molar-refractivity contribution is 7.07. The first kappa shape index (κ1) is 15.8. The summed E-state index contributed by atoms with van der Waals surface area (Å²) in [5.41, 5.74) is 7.94. The van der Waals surface area contributed by atoms with Gasteiger partial charge in [0.1, 0.15) is 5.75 Å². The molecule has 5 nitrogen and oxygen atoms in total. The van der Waals surface area contributed by atoms with E-state index in [1.54, 1.807) is 0 Å². The molecular formula is C17H21N3O2S. The van der Waals surface area contributed by atoms with E-state index in [9.17, 15) is 4.79 Å². The molecule has 0 spiro atoms.